The van der Waals surface area contributed by atoms with E-state index in [1.165, 1.54) is 17.0 Å². The van der Waals surface area contributed by atoms with E-state index in [0.717, 1.165) is 6.42 Å². The molecule has 6 nitrogen and oxygen atoms in total. The summed E-state index contributed by atoms with van der Waals surface area (Å²) in [6, 6.07) is 2.93. The van der Waals surface area contributed by atoms with E-state index in [1.54, 1.807) is 6.07 Å². The van der Waals surface area contributed by atoms with Crippen LogP contribution >= 0.6 is 12.4 Å². The van der Waals surface area contributed by atoms with Crippen LogP contribution in [0.3, 0.4) is 0 Å². The van der Waals surface area contributed by atoms with Crippen molar-refractivity contribution in [3.63, 3.8) is 0 Å². The van der Waals surface area contributed by atoms with Crippen LogP contribution < -0.4 is 20.1 Å². The number of hydrogen-bond acceptors (Lipinski definition) is 5. The molecule has 1 aromatic carbocycles. The Kier molecular flexibility index (Phi) is 7.58. The smallest absolute Gasteiger partial charge is 0.405 e. The molecular formula is C17H23ClF3N3O3. The predicted molar refractivity (Wildman–Crippen MR) is 95.9 cm³/mol. The monoisotopic (exact) mass is 409 g/mol. The minimum Gasteiger partial charge on any atom is -0.490 e. The van der Waals surface area contributed by atoms with Gasteiger partial charge in [0.25, 0.3) is 5.91 Å². The van der Waals surface area contributed by atoms with Crippen molar-refractivity contribution in [2.24, 2.45) is 0 Å². The van der Waals surface area contributed by atoms with Crippen molar-refractivity contribution in [2.45, 2.75) is 18.6 Å². The first kappa shape index (κ1) is 21.6. The Bertz CT molecular complexity index is 640. The van der Waals surface area contributed by atoms with Crippen molar-refractivity contribution in [1.29, 1.82) is 0 Å². The third-order valence-corrected chi connectivity index (χ3v) is 4.44. The number of piperazine rings is 1. The summed E-state index contributed by atoms with van der Waals surface area (Å²) in [5.41, 5.74) is 0.246. The Balaban J connectivity index is 0.00000261. The van der Waals surface area contributed by atoms with Gasteiger partial charge in [0.15, 0.2) is 11.5 Å². The van der Waals surface area contributed by atoms with Crippen LogP contribution in [0, 0.1) is 0 Å². The maximum Gasteiger partial charge on any atom is 0.405 e. The second-order valence-corrected chi connectivity index (χ2v) is 6.27. The lowest BCUT2D eigenvalue weighted by atomic mass is 10.1. The van der Waals surface area contributed by atoms with Crippen LogP contribution in [0.25, 0.3) is 0 Å². The molecule has 0 bridgehead atoms. The quantitative estimate of drug-likeness (QED) is 0.794. The molecule has 1 fully saturated rings. The highest BCUT2D eigenvalue weighted by Crippen LogP contribution is 2.30. The minimum absolute atomic E-state index is 0. The third kappa shape index (κ3) is 5.63. The second kappa shape index (κ2) is 9.48. The van der Waals surface area contributed by atoms with Gasteiger partial charge in [0.2, 0.25) is 0 Å². The summed E-state index contributed by atoms with van der Waals surface area (Å²) in [5, 5.41) is 5.43. The van der Waals surface area contributed by atoms with Gasteiger partial charge in [0.05, 0.1) is 13.2 Å². The largest absolute Gasteiger partial charge is 0.490 e. The summed E-state index contributed by atoms with van der Waals surface area (Å²) >= 11 is 0. The number of rotatable bonds is 4. The molecule has 2 heterocycles. The fraction of sp³-hybridized carbons (Fsp3) is 0.588. The van der Waals surface area contributed by atoms with Crippen LogP contribution in [-0.4, -0.2) is 69.0 Å². The van der Waals surface area contributed by atoms with Gasteiger partial charge in [0, 0.05) is 44.7 Å². The zero-order chi connectivity index (χ0) is 18.6. The number of hydrogen-bond donors (Lipinski definition) is 2. The maximum absolute atomic E-state index is 13.4. The first-order chi connectivity index (χ1) is 12.4. The molecule has 1 atom stereocenters. The number of fused-ring (bicyclic) bond motifs is 1. The van der Waals surface area contributed by atoms with Crippen molar-refractivity contribution in [2.75, 3.05) is 45.9 Å². The summed E-state index contributed by atoms with van der Waals surface area (Å²) in [6.45, 7) is 2.10. The fourth-order valence-corrected chi connectivity index (χ4v) is 3.04. The molecule has 3 rings (SSSR count). The highest BCUT2D eigenvalue weighted by atomic mass is 35.5. The van der Waals surface area contributed by atoms with Crippen LogP contribution in [0.2, 0.25) is 0 Å². The van der Waals surface area contributed by atoms with Crippen molar-refractivity contribution in [3.05, 3.63) is 23.8 Å². The summed E-state index contributed by atoms with van der Waals surface area (Å²) in [4.78, 5) is 13.7. The van der Waals surface area contributed by atoms with E-state index in [2.05, 4.69) is 10.6 Å². The fourth-order valence-electron chi connectivity index (χ4n) is 3.04. The highest BCUT2D eigenvalue weighted by Gasteiger charge is 2.43. The van der Waals surface area contributed by atoms with E-state index in [0.29, 0.717) is 50.9 Å². The highest BCUT2D eigenvalue weighted by molar-refractivity contribution is 5.94. The maximum atomic E-state index is 13.4. The van der Waals surface area contributed by atoms with Gasteiger partial charge in [0.1, 0.15) is 6.04 Å². The van der Waals surface area contributed by atoms with Crippen molar-refractivity contribution >= 4 is 18.3 Å². The summed E-state index contributed by atoms with van der Waals surface area (Å²) < 4.78 is 51.1. The Morgan fingerprint density at radius 1 is 1.19 bits per heavy atom. The van der Waals surface area contributed by atoms with E-state index in [9.17, 15) is 18.0 Å². The molecule has 27 heavy (non-hydrogen) atoms. The molecule has 1 aromatic rings. The van der Waals surface area contributed by atoms with Crippen LogP contribution in [0.1, 0.15) is 16.8 Å². The first-order valence-corrected chi connectivity index (χ1v) is 8.64. The number of carbonyl (C=O) groups excluding carboxylic acids is 1. The van der Waals surface area contributed by atoms with E-state index in [-0.39, 0.29) is 18.0 Å². The zero-order valence-corrected chi connectivity index (χ0v) is 15.5. The Hall–Kier alpha value is -1.71. The lowest BCUT2D eigenvalue weighted by Crippen LogP contribution is -2.57. The molecule has 0 saturated carbocycles. The molecule has 2 aliphatic heterocycles. The Morgan fingerprint density at radius 2 is 1.85 bits per heavy atom. The Labute approximate surface area is 161 Å². The van der Waals surface area contributed by atoms with Crippen molar-refractivity contribution < 1.29 is 27.4 Å². The molecule has 0 aromatic heterocycles. The number of nitrogens with zero attached hydrogens (tertiary/aromatic N) is 1. The molecule has 1 unspecified atom stereocenters. The summed E-state index contributed by atoms with van der Waals surface area (Å²) in [7, 11) is 0. The van der Waals surface area contributed by atoms with E-state index >= 15 is 0 Å². The summed E-state index contributed by atoms with van der Waals surface area (Å²) in [6.07, 6.45) is -3.68. The lowest BCUT2D eigenvalue weighted by Gasteiger charge is -2.35. The number of benzene rings is 1. The van der Waals surface area contributed by atoms with Gasteiger partial charge in [-0.05, 0) is 18.2 Å². The topological polar surface area (TPSA) is 62.8 Å². The molecule has 0 aliphatic carbocycles. The number of carbonyl (C=O) groups is 1. The molecule has 1 saturated heterocycles. The molecule has 10 heteroatoms. The van der Waals surface area contributed by atoms with Crippen LogP contribution in [0.4, 0.5) is 13.2 Å². The predicted octanol–water partition coefficient (Wildman–Crippen LogP) is 1.84. The molecule has 2 N–H and O–H groups in total. The van der Waals surface area contributed by atoms with E-state index < -0.39 is 24.7 Å². The van der Waals surface area contributed by atoms with Gasteiger partial charge in [-0.15, -0.1) is 12.4 Å². The SMILES string of the molecule is Cl.O=C(NCC(N1CCNCC1)C(F)(F)F)c1ccc2c(c1)OCCCO2. The molecule has 2 aliphatic rings. The van der Waals surface area contributed by atoms with Gasteiger partial charge in [-0.1, -0.05) is 0 Å². The molecule has 0 spiro atoms. The Morgan fingerprint density at radius 3 is 2.52 bits per heavy atom. The normalized spacial score (nSPS) is 18.8. The molecular weight excluding hydrogens is 387 g/mol. The van der Waals surface area contributed by atoms with Crippen LogP contribution in [-0.2, 0) is 0 Å². The molecule has 0 radical (unpaired) electrons. The number of amides is 1. The zero-order valence-electron chi connectivity index (χ0n) is 14.7. The lowest BCUT2D eigenvalue weighted by molar-refractivity contribution is -0.183. The summed E-state index contributed by atoms with van der Waals surface area (Å²) in [5.74, 6) is 0.405. The second-order valence-electron chi connectivity index (χ2n) is 6.27. The van der Waals surface area contributed by atoms with Gasteiger partial charge >= 0.3 is 6.18 Å². The molecule has 1 amide bonds. The number of halogens is 4. The standard InChI is InChI=1S/C17H22F3N3O3.ClH/c18-17(19,20)15(23-6-4-21-5-7-23)11-22-16(24)12-2-3-13-14(10-12)26-9-1-8-25-13;/h2-3,10,15,21H,1,4-9,11H2,(H,22,24);1H. The van der Waals surface area contributed by atoms with Gasteiger partial charge in [-0.3, -0.25) is 9.69 Å². The average Bonchev–Trinajstić information content (AvgIpc) is 2.86. The molecule has 152 valence electrons. The van der Waals surface area contributed by atoms with Crippen LogP contribution in [0.15, 0.2) is 18.2 Å². The number of alkyl halides is 3. The number of ether oxygens (including phenoxy) is 2. The van der Waals surface area contributed by atoms with Crippen molar-refractivity contribution in [1.82, 2.24) is 15.5 Å². The van der Waals surface area contributed by atoms with Crippen LogP contribution in [0.5, 0.6) is 11.5 Å². The third-order valence-electron chi connectivity index (χ3n) is 4.44. The van der Waals surface area contributed by atoms with E-state index in [1.807, 2.05) is 0 Å². The van der Waals surface area contributed by atoms with Gasteiger partial charge in [-0.2, -0.15) is 13.2 Å². The van der Waals surface area contributed by atoms with Gasteiger partial charge in [-0.25, -0.2) is 0 Å². The van der Waals surface area contributed by atoms with Crippen molar-refractivity contribution in [3.8, 4) is 11.5 Å². The van der Waals surface area contributed by atoms with E-state index in [4.69, 9.17) is 9.47 Å². The van der Waals surface area contributed by atoms with Gasteiger partial charge < -0.3 is 20.1 Å². The average molecular weight is 410 g/mol. The number of nitrogens with one attached hydrogen (secondary N) is 2. The first-order valence-electron chi connectivity index (χ1n) is 8.64. The minimum atomic E-state index is -4.41.